The summed E-state index contributed by atoms with van der Waals surface area (Å²) in [6, 6.07) is 4.29. The number of rotatable bonds is 5. The summed E-state index contributed by atoms with van der Waals surface area (Å²) in [5.74, 6) is 0.300. The zero-order valence-electron chi connectivity index (χ0n) is 19.2. The van der Waals surface area contributed by atoms with Crippen LogP contribution in [-0.2, 0) is 14.3 Å². The molecule has 1 N–H and O–H groups in total. The Kier molecular flexibility index (Phi) is 4.92. The first-order chi connectivity index (χ1) is 16.8. The molecule has 6 atom stereocenters. The fraction of sp³-hybridized carbons (Fsp3) is 0.440. The molecule has 10 heteroatoms. The number of carbonyl (C=O) groups is 2. The molecule has 0 radical (unpaired) electrons. The molecule has 1 aromatic rings. The summed E-state index contributed by atoms with van der Waals surface area (Å²) in [6.07, 6.45) is 6.92. The molecule has 5 aliphatic rings. The Labute approximate surface area is 205 Å². The molecule has 6 rings (SSSR count). The van der Waals surface area contributed by atoms with Gasteiger partial charge in [0.1, 0.15) is 11.3 Å². The highest BCUT2D eigenvalue weighted by Crippen LogP contribution is 2.69. The first-order valence-electron chi connectivity index (χ1n) is 11.5. The molecule has 2 bridgehead atoms. The van der Waals surface area contributed by atoms with Gasteiger partial charge in [0, 0.05) is 34.3 Å². The average molecular weight is 497 g/mol. The minimum atomic E-state index is -1.36. The zero-order valence-corrected chi connectivity index (χ0v) is 20.0. The number of carbonyl (C=O) groups excluding carboxylic acids is 1. The molecule has 2 heterocycles. The Bertz CT molecular complexity index is 1270. The second-order valence-electron chi connectivity index (χ2n) is 9.85. The Morgan fingerprint density at radius 2 is 2.17 bits per heavy atom. The van der Waals surface area contributed by atoms with Crippen LogP contribution in [0.3, 0.4) is 0 Å². The molecule has 3 aliphatic carbocycles. The van der Waals surface area contributed by atoms with E-state index in [2.05, 4.69) is 18.0 Å². The van der Waals surface area contributed by atoms with E-state index in [1.54, 1.807) is 19.3 Å². The van der Waals surface area contributed by atoms with E-state index in [4.69, 9.17) is 9.47 Å². The van der Waals surface area contributed by atoms with Crippen molar-refractivity contribution >= 4 is 29.2 Å². The van der Waals surface area contributed by atoms with Gasteiger partial charge in [-0.05, 0) is 61.5 Å². The third-order valence-electron chi connectivity index (χ3n) is 8.40. The van der Waals surface area contributed by atoms with Crippen molar-refractivity contribution in [2.45, 2.75) is 29.9 Å². The van der Waals surface area contributed by atoms with Crippen molar-refractivity contribution in [3.8, 4) is 0 Å². The number of thioether (sulfide) groups is 1. The first-order valence-corrected chi connectivity index (χ1v) is 12.4. The summed E-state index contributed by atoms with van der Waals surface area (Å²) in [6.45, 7) is 0.857. The van der Waals surface area contributed by atoms with Crippen LogP contribution in [0.25, 0.3) is 0 Å². The van der Waals surface area contributed by atoms with Crippen LogP contribution >= 0.6 is 11.8 Å². The third kappa shape index (κ3) is 2.99. The second kappa shape index (κ2) is 7.69. The number of hydrogen-bond acceptors (Lipinski definition) is 8. The molecule has 2 unspecified atom stereocenters. The molecule has 0 amide bonds. The quantitative estimate of drug-likeness (QED) is 0.481. The number of piperidine rings is 1. The zero-order chi connectivity index (χ0) is 24.6. The number of carboxylic acids is 1. The highest BCUT2D eigenvalue weighted by atomic mass is 32.2. The molecule has 3 fully saturated rings. The van der Waals surface area contributed by atoms with Crippen molar-refractivity contribution in [2.75, 3.05) is 20.7 Å². The number of carboxylic acid groups (broad SMARTS) is 1. The predicted molar refractivity (Wildman–Crippen MR) is 126 cm³/mol. The van der Waals surface area contributed by atoms with E-state index in [1.807, 2.05) is 6.08 Å². The lowest BCUT2D eigenvalue weighted by atomic mass is 9.48. The van der Waals surface area contributed by atoms with E-state index in [1.165, 1.54) is 23.9 Å². The molecule has 2 aliphatic heterocycles. The van der Waals surface area contributed by atoms with Gasteiger partial charge in [0.05, 0.1) is 12.0 Å². The highest BCUT2D eigenvalue weighted by molar-refractivity contribution is 8.03. The van der Waals surface area contributed by atoms with Gasteiger partial charge >= 0.3 is 5.97 Å². The molecule has 1 saturated carbocycles. The van der Waals surface area contributed by atoms with Crippen LogP contribution in [0.5, 0.6) is 0 Å². The number of methoxy groups -OCH3 is 1. The molecule has 2 saturated heterocycles. The Balaban J connectivity index is 1.46. The second-order valence-corrected chi connectivity index (χ2v) is 11.0. The first kappa shape index (κ1) is 22.4. The standard InChI is InChI=1S/C25H24N2O7S/c1-26-8-7-25-20-12-3-6-18(33-2)22(20)34-23(25)17(28)11-19(21(25)16(26)9-12)35-13-4-5-15(27(31)32)14(10-13)24(29)30/h3-6,10-12,16,20-21,23H,7-9H2,1-2H3,(H,29,30)/t12?,16-,20?,21-,23+,25-/m1/s1. The number of benzene rings is 1. The molecule has 1 aromatic carbocycles. The maximum atomic E-state index is 13.5. The number of allylic oxidation sites excluding steroid dienone is 3. The van der Waals surface area contributed by atoms with Crippen LogP contribution in [0.4, 0.5) is 5.69 Å². The number of nitro groups is 1. The fourth-order valence-corrected chi connectivity index (χ4v) is 8.34. The van der Waals surface area contributed by atoms with E-state index in [9.17, 15) is 24.8 Å². The monoisotopic (exact) mass is 496 g/mol. The van der Waals surface area contributed by atoms with Gasteiger partial charge in [0.15, 0.2) is 17.6 Å². The normalized spacial score (nSPS) is 34.7. The van der Waals surface area contributed by atoms with E-state index in [0.717, 1.165) is 30.1 Å². The van der Waals surface area contributed by atoms with E-state index in [-0.39, 0.29) is 35.1 Å². The molecule has 1 spiro atoms. The van der Waals surface area contributed by atoms with Gasteiger partial charge in [0.25, 0.3) is 5.69 Å². The highest BCUT2D eigenvalue weighted by Gasteiger charge is 2.71. The lowest BCUT2D eigenvalue weighted by Gasteiger charge is -2.60. The van der Waals surface area contributed by atoms with E-state index < -0.39 is 28.1 Å². The predicted octanol–water partition coefficient (Wildman–Crippen LogP) is 3.62. The molecule has 9 nitrogen and oxygen atoms in total. The SMILES string of the molecule is COC1=C2O[C@H]3C(=O)C=C(Sc4ccc([N+](=O)[O-])c(C(=O)O)c4)[C@H]4[C@H]5CC(C=C1)C2[C@@]34CCN5C. The van der Waals surface area contributed by atoms with Crippen LogP contribution in [0.2, 0.25) is 0 Å². The smallest absolute Gasteiger partial charge is 0.342 e. The lowest BCUT2D eigenvalue weighted by molar-refractivity contribution is -0.385. The van der Waals surface area contributed by atoms with Crippen molar-refractivity contribution in [3.05, 3.63) is 68.5 Å². The number of nitro benzene ring substituents is 1. The van der Waals surface area contributed by atoms with E-state index >= 15 is 0 Å². The van der Waals surface area contributed by atoms with Crippen molar-refractivity contribution in [3.63, 3.8) is 0 Å². The van der Waals surface area contributed by atoms with Crippen LogP contribution in [0, 0.1) is 33.3 Å². The molecule has 0 aromatic heterocycles. The molecule has 35 heavy (non-hydrogen) atoms. The van der Waals surface area contributed by atoms with Crippen LogP contribution in [0.15, 0.2) is 57.7 Å². The minimum absolute atomic E-state index is 0.0146. The molecule has 182 valence electrons. The molecular weight excluding hydrogens is 472 g/mol. The van der Waals surface area contributed by atoms with Crippen LogP contribution in [-0.4, -0.2) is 59.5 Å². The Morgan fingerprint density at radius 1 is 1.37 bits per heavy atom. The summed E-state index contributed by atoms with van der Waals surface area (Å²) in [4.78, 5) is 39.6. The van der Waals surface area contributed by atoms with Gasteiger partial charge in [-0.3, -0.25) is 14.9 Å². The van der Waals surface area contributed by atoms with Crippen LogP contribution in [0.1, 0.15) is 23.2 Å². The third-order valence-corrected chi connectivity index (χ3v) is 9.50. The summed E-state index contributed by atoms with van der Waals surface area (Å²) in [5.41, 5.74) is -1.23. The number of aromatic carboxylic acids is 1. The van der Waals surface area contributed by atoms with Crippen molar-refractivity contribution < 1.29 is 29.1 Å². The summed E-state index contributed by atoms with van der Waals surface area (Å²) in [5, 5.41) is 20.8. The van der Waals surface area contributed by atoms with Gasteiger partial charge in [-0.2, -0.15) is 0 Å². The van der Waals surface area contributed by atoms with Crippen LogP contribution < -0.4 is 0 Å². The number of ketones is 1. The molecular formula is C25H24N2O7S. The fourth-order valence-electron chi connectivity index (χ4n) is 7.07. The maximum absolute atomic E-state index is 13.5. The number of likely N-dealkylation sites (tertiary alicyclic amines) is 1. The van der Waals surface area contributed by atoms with Crippen molar-refractivity contribution in [2.24, 2.45) is 23.2 Å². The van der Waals surface area contributed by atoms with Gasteiger partial charge in [0.2, 0.25) is 0 Å². The number of nitrogens with zero attached hydrogens (tertiary/aromatic N) is 2. The number of hydrogen-bond donors (Lipinski definition) is 1. The topological polar surface area (TPSA) is 119 Å². The summed E-state index contributed by atoms with van der Waals surface area (Å²) >= 11 is 1.33. The van der Waals surface area contributed by atoms with Crippen molar-refractivity contribution in [1.82, 2.24) is 4.90 Å². The minimum Gasteiger partial charge on any atom is -0.493 e. The lowest BCUT2D eigenvalue weighted by Crippen LogP contribution is -2.65. The van der Waals surface area contributed by atoms with Gasteiger partial charge < -0.3 is 19.5 Å². The Hall–Kier alpha value is -3.11. The van der Waals surface area contributed by atoms with Gasteiger partial charge in [-0.15, -0.1) is 0 Å². The summed E-state index contributed by atoms with van der Waals surface area (Å²) < 4.78 is 12.0. The number of ether oxygens (including phenoxy) is 2. The van der Waals surface area contributed by atoms with Gasteiger partial charge in [-0.1, -0.05) is 17.8 Å². The van der Waals surface area contributed by atoms with Gasteiger partial charge in [-0.25, -0.2) is 4.79 Å². The Morgan fingerprint density at radius 3 is 2.89 bits per heavy atom. The largest absolute Gasteiger partial charge is 0.493 e. The average Bonchev–Trinajstić information content (AvgIpc) is 3.18. The van der Waals surface area contributed by atoms with E-state index in [0.29, 0.717) is 10.7 Å². The maximum Gasteiger partial charge on any atom is 0.342 e. The summed E-state index contributed by atoms with van der Waals surface area (Å²) in [7, 11) is 3.73. The van der Waals surface area contributed by atoms with Crippen molar-refractivity contribution in [1.29, 1.82) is 0 Å².